The van der Waals surface area contributed by atoms with Crippen LogP contribution in [0.4, 0.5) is 0 Å². The maximum atomic E-state index is 12.5. The summed E-state index contributed by atoms with van der Waals surface area (Å²) >= 11 is 1.48. The Labute approximate surface area is 148 Å². The van der Waals surface area contributed by atoms with E-state index in [9.17, 15) is 9.59 Å². The van der Waals surface area contributed by atoms with Gasteiger partial charge < -0.3 is 15.2 Å². The van der Waals surface area contributed by atoms with Gasteiger partial charge in [-0.25, -0.2) is 4.98 Å². The minimum absolute atomic E-state index is 0.0559. The lowest BCUT2D eigenvalue weighted by Gasteiger charge is -2.31. The second-order valence-corrected chi connectivity index (χ2v) is 7.88. The number of aromatic nitrogens is 2. The lowest BCUT2D eigenvalue weighted by molar-refractivity contribution is -0.132. The maximum absolute atomic E-state index is 12.5. The summed E-state index contributed by atoms with van der Waals surface area (Å²) in [5.41, 5.74) is 7.55. The Morgan fingerprint density at radius 1 is 1.38 bits per heavy atom. The normalized spacial score (nSPS) is 18.2. The molecule has 24 heavy (non-hydrogen) atoms. The third kappa shape index (κ3) is 4.53. The molecule has 1 saturated heterocycles. The first-order chi connectivity index (χ1) is 11.3. The van der Waals surface area contributed by atoms with Crippen LogP contribution >= 0.6 is 11.8 Å². The van der Waals surface area contributed by atoms with Gasteiger partial charge in [-0.3, -0.25) is 9.59 Å². The molecule has 1 aromatic heterocycles. The number of likely N-dealkylation sites (tertiary alicyclic amines) is 1. The van der Waals surface area contributed by atoms with Crippen molar-refractivity contribution < 1.29 is 9.59 Å². The smallest absolute Gasteiger partial charge is 0.233 e. The molecule has 0 spiro atoms. The van der Waals surface area contributed by atoms with Crippen LogP contribution in [0.3, 0.4) is 0 Å². The number of rotatable bonds is 6. The highest BCUT2D eigenvalue weighted by Gasteiger charge is 2.27. The van der Waals surface area contributed by atoms with Gasteiger partial charge in [0.05, 0.1) is 17.4 Å². The van der Waals surface area contributed by atoms with Crippen LogP contribution < -0.4 is 5.73 Å². The molecule has 1 aliphatic rings. The average molecular weight is 353 g/mol. The number of thioether (sulfide) groups is 1. The first-order valence-electron chi connectivity index (χ1n) is 8.53. The first-order valence-corrected chi connectivity index (χ1v) is 9.51. The van der Waals surface area contributed by atoms with E-state index in [1.54, 1.807) is 4.90 Å². The Bertz CT molecular complexity index is 612. The average Bonchev–Trinajstić information content (AvgIpc) is 2.80. The molecule has 1 fully saturated rings. The monoisotopic (exact) mass is 352 g/mol. The fraction of sp³-hybridized carbons (Fsp3) is 0.706. The number of carbonyl (C=O) groups excluding carboxylic acids is 2. The van der Waals surface area contributed by atoms with Gasteiger partial charge in [-0.1, -0.05) is 25.6 Å². The molecule has 0 bridgehead atoms. The van der Waals surface area contributed by atoms with Gasteiger partial charge in [-0.2, -0.15) is 0 Å². The van der Waals surface area contributed by atoms with Crippen LogP contribution in [0.15, 0.2) is 5.16 Å². The molecule has 7 heteroatoms. The predicted molar refractivity (Wildman–Crippen MR) is 95.8 cm³/mol. The highest BCUT2D eigenvalue weighted by molar-refractivity contribution is 7.99. The van der Waals surface area contributed by atoms with Crippen molar-refractivity contribution in [1.29, 1.82) is 0 Å². The second kappa shape index (κ2) is 8.05. The van der Waals surface area contributed by atoms with Crippen molar-refractivity contribution in [3.05, 3.63) is 11.4 Å². The van der Waals surface area contributed by atoms with Crippen molar-refractivity contribution in [1.82, 2.24) is 14.5 Å². The van der Waals surface area contributed by atoms with Crippen LogP contribution in [0.5, 0.6) is 0 Å². The van der Waals surface area contributed by atoms with E-state index in [0.29, 0.717) is 24.8 Å². The number of aryl methyl sites for hydroxylation is 1. The van der Waals surface area contributed by atoms with Gasteiger partial charge in [0, 0.05) is 25.3 Å². The molecule has 1 aliphatic heterocycles. The summed E-state index contributed by atoms with van der Waals surface area (Å²) in [6.45, 7) is 10.5. The summed E-state index contributed by atoms with van der Waals surface area (Å²) in [7, 11) is 0. The number of primary amides is 1. The molecule has 0 aromatic carbocycles. The Hall–Kier alpha value is -1.50. The summed E-state index contributed by atoms with van der Waals surface area (Å²) in [6.07, 6.45) is 1.62. The van der Waals surface area contributed by atoms with E-state index in [1.807, 2.05) is 6.92 Å². The van der Waals surface area contributed by atoms with E-state index < -0.39 is 0 Å². The quantitative estimate of drug-likeness (QED) is 0.794. The highest BCUT2D eigenvalue weighted by Crippen LogP contribution is 2.24. The van der Waals surface area contributed by atoms with Crippen LogP contribution in [0.25, 0.3) is 0 Å². The molecule has 2 rings (SSSR count). The molecule has 1 atom stereocenters. The van der Waals surface area contributed by atoms with Crippen molar-refractivity contribution in [3.63, 3.8) is 0 Å². The zero-order valence-electron chi connectivity index (χ0n) is 15.0. The predicted octanol–water partition coefficient (Wildman–Crippen LogP) is 1.97. The SMILES string of the molecule is Cc1nc(SCC(=O)N2CCCC(C(N)=O)C2)n(CC(C)C)c1C. The molecule has 0 aliphatic carbocycles. The molecule has 2 N–H and O–H groups in total. The third-order valence-electron chi connectivity index (χ3n) is 4.47. The minimum Gasteiger partial charge on any atom is -0.369 e. The van der Waals surface area contributed by atoms with Crippen molar-refractivity contribution in [2.24, 2.45) is 17.6 Å². The Kier molecular flexibility index (Phi) is 6.32. The lowest BCUT2D eigenvalue weighted by Crippen LogP contribution is -2.44. The van der Waals surface area contributed by atoms with Gasteiger partial charge in [0.15, 0.2) is 5.16 Å². The summed E-state index contributed by atoms with van der Waals surface area (Å²) in [6, 6.07) is 0. The van der Waals surface area contributed by atoms with E-state index in [0.717, 1.165) is 35.9 Å². The first kappa shape index (κ1) is 18.8. The van der Waals surface area contributed by atoms with Crippen LogP contribution in [-0.4, -0.2) is 45.1 Å². The molecular formula is C17H28N4O2S. The molecule has 134 valence electrons. The van der Waals surface area contributed by atoms with E-state index in [2.05, 4.69) is 30.3 Å². The summed E-state index contributed by atoms with van der Waals surface area (Å²) in [4.78, 5) is 30.2. The summed E-state index contributed by atoms with van der Waals surface area (Å²) in [5.74, 6) is 0.407. The van der Waals surface area contributed by atoms with Crippen molar-refractivity contribution in [2.75, 3.05) is 18.8 Å². The fourth-order valence-corrected chi connectivity index (χ4v) is 3.97. The molecule has 2 amide bonds. The number of amides is 2. The Balaban J connectivity index is 1.99. The number of hydrogen-bond acceptors (Lipinski definition) is 4. The van der Waals surface area contributed by atoms with E-state index in [-0.39, 0.29) is 17.7 Å². The van der Waals surface area contributed by atoms with Crippen molar-refractivity contribution >= 4 is 23.6 Å². The number of imidazole rings is 1. The molecule has 1 aromatic rings. The number of nitrogens with zero attached hydrogens (tertiary/aromatic N) is 3. The van der Waals surface area contributed by atoms with Crippen molar-refractivity contribution in [2.45, 2.75) is 52.2 Å². The highest BCUT2D eigenvalue weighted by atomic mass is 32.2. The van der Waals surface area contributed by atoms with Gasteiger partial charge in [-0.15, -0.1) is 0 Å². The molecular weight excluding hydrogens is 324 g/mol. The maximum Gasteiger partial charge on any atom is 0.233 e. The minimum atomic E-state index is -0.307. The third-order valence-corrected chi connectivity index (χ3v) is 5.43. The molecule has 0 saturated carbocycles. The largest absolute Gasteiger partial charge is 0.369 e. The van der Waals surface area contributed by atoms with Gasteiger partial charge in [0.2, 0.25) is 11.8 Å². The Morgan fingerprint density at radius 2 is 2.08 bits per heavy atom. The lowest BCUT2D eigenvalue weighted by atomic mass is 9.97. The zero-order chi connectivity index (χ0) is 17.9. The van der Waals surface area contributed by atoms with E-state index in [4.69, 9.17) is 5.73 Å². The van der Waals surface area contributed by atoms with Crippen LogP contribution in [-0.2, 0) is 16.1 Å². The van der Waals surface area contributed by atoms with Gasteiger partial charge in [0.1, 0.15) is 0 Å². The summed E-state index contributed by atoms with van der Waals surface area (Å²) in [5, 5.41) is 0.899. The Morgan fingerprint density at radius 3 is 2.71 bits per heavy atom. The summed E-state index contributed by atoms with van der Waals surface area (Å²) < 4.78 is 2.19. The van der Waals surface area contributed by atoms with Crippen LogP contribution in [0, 0.1) is 25.7 Å². The zero-order valence-corrected chi connectivity index (χ0v) is 15.9. The number of nitrogens with two attached hydrogens (primary N) is 1. The standard InChI is InChI=1S/C17H28N4O2S/c1-11(2)8-21-13(4)12(3)19-17(21)24-10-15(22)20-7-5-6-14(9-20)16(18)23/h11,14H,5-10H2,1-4H3,(H2,18,23). The second-order valence-electron chi connectivity index (χ2n) is 6.94. The number of piperidine rings is 1. The molecule has 6 nitrogen and oxygen atoms in total. The number of hydrogen-bond donors (Lipinski definition) is 1. The number of carbonyl (C=O) groups is 2. The van der Waals surface area contributed by atoms with Gasteiger partial charge in [0.25, 0.3) is 0 Å². The molecule has 2 heterocycles. The van der Waals surface area contributed by atoms with Crippen molar-refractivity contribution in [3.8, 4) is 0 Å². The molecule has 0 radical (unpaired) electrons. The molecule has 1 unspecified atom stereocenters. The fourth-order valence-electron chi connectivity index (χ4n) is 2.97. The van der Waals surface area contributed by atoms with Gasteiger partial charge in [-0.05, 0) is 32.6 Å². The van der Waals surface area contributed by atoms with Gasteiger partial charge >= 0.3 is 0 Å². The van der Waals surface area contributed by atoms with Crippen LogP contribution in [0.1, 0.15) is 38.1 Å². The van der Waals surface area contributed by atoms with E-state index >= 15 is 0 Å². The van der Waals surface area contributed by atoms with E-state index in [1.165, 1.54) is 11.8 Å². The van der Waals surface area contributed by atoms with Crippen LogP contribution in [0.2, 0.25) is 0 Å². The topological polar surface area (TPSA) is 81.2 Å².